The van der Waals surface area contributed by atoms with Crippen LogP contribution in [0.1, 0.15) is 64.7 Å². The van der Waals surface area contributed by atoms with E-state index in [0.29, 0.717) is 0 Å². The predicted molar refractivity (Wildman–Crippen MR) is 75.7 cm³/mol. The number of rotatable bonds is 11. The number of allylic oxidation sites excluding steroid dienone is 5. The van der Waals surface area contributed by atoms with Crippen molar-refractivity contribution in [1.82, 2.24) is 0 Å². The van der Waals surface area contributed by atoms with Crippen LogP contribution in [-0.2, 0) is 0 Å². The van der Waals surface area contributed by atoms with Crippen molar-refractivity contribution in [3.63, 3.8) is 0 Å². The van der Waals surface area contributed by atoms with Gasteiger partial charge >= 0.3 is 0 Å². The Hall–Kier alpha value is -0.780. The molecule has 0 aliphatic heterocycles. The first-order valence-corrected chi connectivity index (χ1v) is 6.80. The summed E-state index contributed by atoms with van der Waals surface area (Å²) in [5.41, 5.74) is 0. The molecule has 0 heteroatoms. The Labute approximate surface area is 102 Å². The quantitative estimate of drug-likeness (QED) is 0.234. The van der Waals surface area contributed by atoms with Crippen molar-refractivity contribution in [2.75, 3.05) is 0 Å². The summed E-state index contributed by atoms with van der Waals surface area (Å²) < 4.78 is 0. The van der Waals surface area contributed by atoms with Crippen LogP contribution in [0.15, 0.2) is 37.0 Å². The molecule has 16 heavy (non-hydrogen) atoms. The van der Waals surface area contributed by atoms with Crippen LogP contribution in [0.25, 0.3) is 0 Å². The van der Waals surface area contributed by atoms with Crippen LogP contribution in [0.5, 0.6) is 0 Å². The van der Waals surface area contributed by atoms with E-state index in [1.165, 1.54) is 57.8 Å². The maximum atomic E-state index is 3.66. The van der Waals surface area contributed by atoms with Crippen molar-refractivity contribution in [2.24, 2.45) is 0 Å². The van der Waals surface area contributed by atoms with Crippen LogP contribution < -0.4 is 0 Å². The van der Waals surface area contributed by atoms with E-state index in [2.05, 4.69) is 31.7 Å². The molecule has 0 amide bonds. The molecule has 0 fully saturated rings. The Bertz CT molecular complexity index is 186. The zero-order valence-corrected chi connectivity index (χ0v) is 11.0. The van der Waals surface area contributed by atoms with Crippen molar-refractivity contribution in [2.45, 2.75) is 64.7 Å². The summed E-state index contributed by atoms with van der Waals surface area (Å²) >= 11 is 0. The van der Waals surface area contributed by atoms with E-state index in [4.69, 9.17) is 0 Å². The summed E-state index contributed by atoms with van der Waals surface area (Å²) in [5.74, 6) is 0. The SMILES string of the molecule is C=CC=CCCCCCCCCCC=CC. The van der Waals surface area contributed by atoms with Crippen LogP contribution >= 0.6 is 0 Å². The van der Waals surface area contributed by atoms with Gasteiger partial charge in [-0.15, -0.1) is 0 Å². The number of hydrogen-bond acceptors (Lipinski definition) is 0. The van der Waals surface area contributed by atoms with E-state index in [9.17, 15) is 0 Å². The predicted octanol–water partition coefficient (Wildman–Crippen LogP) is 5.82. The topological polar surface area (TPSA) is 0 Å². The lowest BCUT2D eigenvalue weighted by Crippen LogP contribution is -1.80. The fourth-order valence-corrected chi connectivity index (χ4v) is 1.77. The minimum Gasteiger partial charge on any atom is -0.0991 e. The van der Waals surface area contributed by atoms with Gasteiger partial charge in [-0.1, -0.05) is 69.1 Å². The Morgan fingerprint density at radius 3 is 1.75 bits per heavy atom. The van der Waals surface area contributed by atoms with Crippen molar-refractivity contribution in [1.29, 1.82) is 0 Å². The van der Waals surface area contributed by atoms with Crippen LogP contribution in [0.2, 0.25) is 0 Å². The van der Waals surface area contributed by atoms with Gasteiger partial charge in [0.1, 0.15) is 0 Å². The van der Waals surface area contributed by atoms with E-state index in [1.807, 2.05) is 12.2 Å². The first kappa shape index (κ1) is 15.2. The molecule has 0 nitrogen and oxygen atoms in total. The molecule has 0 aromatic carbocycles. The minimum atomic E-state index is 1.22. The van der Waals surface area contributed by atoms with Gasteiger partial charge in [0.15, 0.2) is 0 Å². The normalized spacial score (nSPS) is 11.6. The van der Waals surface area contributed by atoms with Gasteiger partial charge in [-0.05, 0) is 32.6 Å². The van der Waals surface area contributed by atoms with Gasteiger partial charge in [-0.2, -0.15) is 0 Å². The van der Waals surface area contributed by atoms with E-state index in [1.54, 1.807) is 0 Å². The lowest BCUT2D eigenvalue weighted by atomic mass is 10.1. The maximum Gasteiger partial charge on any atom is -0.0348 e. The van der Waals surface area contributed by atoms with Gasteiger partial charge in [0.25, 0.3) is 0 Å². The van der Waals surface area contributed by atoms with Gasteiger partial charge in [-0.3, -0.25) is 0 Å². The fourth-order valence-electron chi connectivity index (χ4n) is 1.77. The highest BCUT2D eigenvalue weighted by Crippen LogP contribution is 2.10. The summed E-state index contributed by atoms with van der Waals surface area (Å²) in [6.45, 7) is 5.76. The van der Waals surface area contributed by atoms with Crippen LogP contribution in [0.3, 0.4) is 0 Å². The van der Waals surface area contributed by atoms with Gasteiger partial charge in [-0.25, -0.2) is 0 Å². The molecule has 0 aliphatic carbocycles. The molecular formula is C16H28. The molecule has 0 heterocycles. The van der Waals surface area contributed by atoms with E-state index >= 15 is 0 Å². The summed E-state index contributed by atoms with van der Waals surface area (Å²) in [6, 6.07) is 0. The number of hydrogen-bond donors (Lipinski definition) is 0. The highest BCUT2D eigenvalue weighted by molar-refractivity contribution is 4.96. The molecule has 0 aromatic rings. The van der Waals surface area contributed by atoms with Crippen molar-refractivity contribution in [3.8, 4) is 0 Å². The molecule has 0 N–H and O–H groups in total. The third-order valence-corrected chi connectivity index (χ3v) is 2.75. The van der Waals surface area contributed by atoms with Crippen molar-refractivity contribution >= 4 is 0 Å². The second-order valence-electron chi connectivity index (χ2n) is 4.29. The molecular weight excluding hydrogens is 192 g/mol. The van der Waals surface area contributed by atoms with Gasteiger partial charge < -0.3 is 0 Å². The van der Waals surface area contributed by atoms with Gasteiger partial charge in [0.05, 0.1) is 0 Å². The summed E-state index contributed by atoms with van der Waals surface area (Å²) in [5, 5.41) is 0. The zero-order valence-electron chi connectivity index (χ0n) is 11.0. The molecule has 0 unspecified atom stereocenters. The molecule has 92 valence electrons. The summed E-state index contributed by atoms with van der Waals surface area (Å²) in [6.07, 6.45) is 22.7. The Kier molecular flexibility index (Phi) is 13.5. The molecule has 0 aromatic heterocycles. The van der Waals surface area contributed by atoms with Gasteiger partial charge in [0.2, 0.25) is 0 Å². The smallest absolute Gasteiger partial charge is 0.0348 e. The first-order chi connectivity index (χ1) is 7.91. The molecule has 0 spiro atoms. The molecule has 0 rings (SSSR count). The van der Waals surface area contributed by atoms with Crippen LogP contribution in [0.4, 0.5) is 0 Å². The largest absolute Gasteiger partial charge is 0.0991 e. The van der Waals surface area contributed by atoms with Crippen LogP contribution in [-0.4, -0.2) is 0 Å². The Balaban J connectivity index is 2.98. The molecule has 0 atom stereocenters. The Morgan fingerprint density at radius 2 is 1.25 bits per heavy atom. The summed E-state index contributed by atoms with van der Waals surface area (Å²) in [7, 11) is 0. The molecule has 0 saturated heterocycles. The average molecular weight is 220 g/mol. The van der Waals surface area contributed by atoms with Gasteiger partial charge in [0, 0.05) is 0 Å². The minimum absolute atomic E-state index is 1.22. The third-order valence-electron chi connectivity index (χ3n) is 2.75. The molecule has 0 radical (unpaired) electrons. The summed E-state index contributed by atoms with van der Waals surface area (Å²) in [4.78, 5) is 0. The van der Waals surface area contributed by atoms with Crippen molar-refractivity contribution in [3.05, 3.63) is 37.0 Å². The number of unbranched alkanes of at least 4 members (excludes halogenated alkanes) is 8. The van der Waals surface area contributed by atoms with Crippen LogP contribution in [0, 0.1) is 0 Å². The highest BCUT2D eigenvalue weighted by atomic mass is 14.0. The van der Waals surface area contributed by atoms with Crippen molar-refractivity contribution < 1.29 is 0 Å². The third kappa shape index (κ3) is 13.2. The molecule has 0 aliphatic rings. The highest BCUT2D eigenvalue weighted by Gasteiger charge is 1.90. The Morgan fingerprint density at radius 1 is 0.750 bits per heavy atom. The van der Waals surface area contributed by atoms with E-state index in [0.717, 1.165) is 0 Å². The standard InChI is InChI=1S/C16H28/c1-3-5-7-9-11-13-15-16-14-12-10-8-6-4-2/h3-7H,1,8-16H2,2H3. The van der Waals surface area contributed by atoms with E-state index < -0.39 is 0 Å². The zero-order chi connectivity index (χ0) is 11.9. The lowest BCUT2D eigenvalue weighted by Gasteiger charge is -1.99. The second-order valence-corrected chi connectivity index (χ2v) is 4.29. The lowest BCUT2D eigenvalue weighted by molar-refractivity contribution is 0.583. The molecule has 0 bridgehead atoms. The monoisotopic (exact) mass is 220 g/mol. The van der Waals surface area contributed by atoms with E-state index in [-0.39, 0.29) is 0 Å². The molecule has 0 saturated carbocycles. The average Bonchev–Trinajstić information content (AvgIpc) is 2.31. The first-order valence-electron chi connectivity index (χ1n) is 6.80. The maximum absolute atomic E-state index is 3.66. The second kappa shape index (κ2) is 14.2. The fraction of sp³-hybridized carbons (Fsp3) is 0.625.